The van der Waals surface area contributed by atoms with Crippen LogP contribution in [-0.4, -0.2) is 39.5 Å². The number of likely N-dealkylation sites (tertiary alicyclic amines) is 1. The van der Waals surface area contributed by atoms with E-state index in [-0.39, 0.29) is 9.79 Å². The fourth-order valence-corrected chi connectivity index (χ4v) is 5.22. The minimum absolute atomic E-state index is 0.00411. The van der Waals surface area contributed by atoms with Crippen LogP contribution in [0.1, 0.15) is 24.3 Å². The second kappa shape index (κ2) is 6.11. The minimum atomic E-state index is -3.72. The van der Waals surface area contributed by atoms with Crippen LogP contribution in [0.5, 0.6) is 0 Å². The third-order valence-electron chi connectivity index (χ3n) is 5.31. The van der Waals surface area contributed by atoms with Crippen LogP contribution in [0.15, 0.2) is 52.3 Å². The van der Waals surface area contributed by atoms with Crippen LogP contribution in [0.25, 0.3) is 0 Å². The van der Waals surface area contributed by atoms with Crippen molar-refractivity contribution in [2.24, 2.45) is 0 Å². The summed E-state index contributed by atoms with van der Waals surface area (Å²) in [6, 6.07) is 10.8. The van der Waals surface area contributed by atoms with E-state index in [0.29, 0.717) is 12.0 Å². The van der Waals surface area contributed by atoms with E-state index in [1.54, 1.807) is 12.1 Å². The summed E-state index contributed by atoms with van der Waals surface area (Å²) in [6.07, 6.45) is 2.05. The molecule has 1 fully saturated rings. The van der Waals surface area contributed by atoms with E-state index in [2.05, 4.69) is 17.3 Å². The second-order valence-electron chi connectivity index (χ2n) is 6.95. The van der Waals surface area contributed by atoms with Crippen molar-refractivity contribution in [1.29, 1.82) is 0 Å². The van der Waals surface area contributed by atoms with Gasteiger partial charge in [0.05, 0.1) is 9.79 Å². The third kappa shape index (κ3) is 2.93. The summed E-state index contributed by atoms with van der Waals surface area (Å²) in [4.78, 5) is 2.54. The highest BCUT2D eigenvalue weighted by atomic mass is 32.2. The molecule has 0 aromatic heterocycles. The Morgan fingerprint density at radius 3 is 2.64 bits per heavy atom. The SMILES string of the molecule is CN1CC[C@@H]2c3cc(S(=O)(=O)c4cccc(F)c4)ccc3N[C@@H]2CC1. The summed E-state index contributed by atoms with van der Waals surface area (Å²) < 4.78 is 39.2. The first-order valence-electron chi connectivity index (χ1n) is 8.55. The Kier molecular flexibility index (Phi) is 4.04. The van der Waals surface area contributed by atoms with E-state index in [1.165, 1.54) is 18.2 Å². The quantitative estimate of drug-likeness (QED) is 0.893. The zero-order chi connectivity index (χ0) is 17.6. The maximum atomic E-state index is 13.5. The molecule has 0 unspecified atom stereocenters. The lowest BCUT2D eigenvalue weighted by Gasteiger charge is -2.16. The molecule has 132 valence electrons. The number of anilines is 1. The van der Waals surface area contributed by atoms with Crippen molar-refractivity contribution in [3.05, 3.63) is 53.8 Å². The molecule has 4 rings (SSSR count). The average molecular weight is 360 g/mol. The largest absolute Gasteiger partial charge is 0.381 e. The molecule has 0 spiro atoms. The Morgan fingerprint density at radius 2 is 1.84 bits per heavy atom. The van der Waals surface area contributed by atoms with Gasteiger partial charge in [0.25, 0.3) is 0 Å². The van der Waals surface area contributed by atoms with E-state index in [9.17, 15) is 12.8 Å². The lowest BCUT2D eigenvalue weighted by atomic mass is 9.91. The van der Waals surface area contributed by atoms with Crippen LogP contribution in [0.4, 0.5) is 10.1 Å². The van der Waals surface area contributed by atoms with Gasteiger partial charge in [0.2, 0.25) is 9.84 Å². The van der Waals surface area contributed by atoms with Crippen molar-refractivity contribution >= 4 is 15.5 Å². The molecule has 0 radical (unpaired) electrons. The third-order valence-corrected chi connectivity index (χ3v) is 7.06. The predicted molar refractivity (Wildman–Crippen MR) is 95.2 cm³/mol. The molecule has 2 heterocycles. The highest BCUT2D eigenvalue weighted by molar-refractivity contribution is 7.91. The van der Waals surface area contributed by atoms with Gasteiger partial charge in [0.1, 0.15) is 5.82 Å². The van der Waals surface area contributed by atoms with Crippen LogP contribution in [0, 0.1) is 5.82 Å². The van der Waals surface area contributed by atoms with Crippen LogP contribution in [0.2, 0.25) is 0 Å². The van der Waals surface area contributed by atoms with E-state index in [4.69, 9.17) is 0 Å². The monoisotopic (exact) mass is 360 g/mol. The van der Waals surface area contributed by atoms with Gasteiger partial charge >= 0.3 is 0 Å². The van der Waals surface area contributed by atoms with Gasteiger partial charge in [-0.1, -0.05) is 6.07 Å². The molecule has 2 aromatic rings. The maximum Gasteiger partial charge on any atom is 0.206 e. The summed E-state index contributed by atoms with van der Waals surface area (Å²) in [5.41, 5.74) is 2.09. The molecule has 25 heavy (non-hydrogen) atoms. The summed E-state index contributed by atoms with van der Waals surface area (Å²) in [7, 11) is -1.60. The Balaban J connectivity index is 1.73. The van der Waals surface area contributed by atoms with Gasteiger partial charge in [-0.25, -0.2) is 12.8 Å². The van der Waals surface area contributed by atoms with Crippen molar-refractivity contribution in [2.45, 2.75) is 34.6 Å². The molecule has 1 N–H and O–H groups in total. The van der Waals surface area contributed by atoms with Gasteiger partial charge < -0.3 is 10.2 Å². The first kappa shape index (κ1) is 16.5. The zero-order valence-corrected chi connectivity index (χ0v) is 14.9. The van der Waals surface area contributed by atoms with E-state index < -0.39 is 15.7 Å². The average Bonchev–Trinajstić information content (AvgIpc) is 2.84. The van der Waals surface area contributed by atoms with Crippen molar-refractivity contribution in [1.82, 2.24) is 4.90 Å². The fraction of sp³-hybridized carbons (Fsp3) is 0.368. The number of fused-ring (bicyclic) bond motifs is 3. The summed E-state index contributed by atoms with van der Waals surface area (Å²) >= 11 is 0. The summed E-state index contributed by atoms with van der Waals surface area (Å²) in [5, 5.41) is 3.54. The van der Waals surface area contributed by atoms with Gasteiger partial charge in [0, 0.05) is 17.6 Å². The molecule has 0 saturated carbocycles. The number of hydrogen-bond donors (Lipinski definition) is 1. The highest BCUT2D eigenvalue weighted by Gasteiger charge is 2.34. The Morgan fingerprint density at radius 1 is 1.08 bits per heavy atom. The molecule has 0 aliphatic carbocycles. The maximum absolute atomic E-state index is 13.5. The van der Waals surface area contributed by atoms with Crippen molar-refractivity contribution in [3.8, 4) is 0 Å². The number of nitrogens with one attached hydrogen (secondary N) is 1. The van der Waals surface area contributed by atoms with Crippen molar-refractivity contribution in [2.75, 3.05) is 25.5 Å². The Hall–Kier alpha value is -1.92. The number of hydrogen-bond acceptors (Lipinski definition) is 4. The second-order valence-corrected chi connectivity index (χ2v) is 8.90. The van der Waals surface area contributed by atoms with Crippen LogP contribution < -0.4 is 5.32 Å². The summed E-state index contributed by atoms with van der Waals surface area (Å²) in [6.45, 7) is 2.04. The molecule has 0 bridgehead atoms. The lowest BCUT2D eigenvalue weighted by Crippen LogP contribution is -2.22. The van der Waals surface area contributed by atoms with Gasteiger partial charge in [-0.05, 0) is 74.9 Å². The normalized spacial score (nSPS) is 23.4. The summed E-state index contributed by atoms with van der Waals surface area (Å²) in [5.74, 6) is -0.224. The molecule has 1 saturated heterocycles. The fourth-order valence-electron chi connectivity index (χ4n) is 3.89. The lowest BCUT2D eigenvalue weighted by molar-refractivity contribution is 0.346. The highest BCUT2D eigenvalue weighted by Crippen LogP contribution is 2.42. The molecule has 4 nitrogen and oxygen atoms in total. The van der Waals surface area contributed by atoms with Gasteiger partial charge in [0.15, 0.2) is 0 Å². The Labute approximate surface area is 147 Å². The molecular weight excluding hydrogens is 339 g/mol. The number of nitrogens with zero attached hydrogens (tertiary/aromatic N) is 1. The van der Waals surface area contributed by atoms with Crippen molar-refractivity contribution in [3.63, 3.8) is 0 Å². The molecule has 0 amide bonds. The first-order valence-corrected chi connectivity index (χ1v) is 10.0. The number of sulfone groups is 1. The molecule has 2 atom stereocenters. The van der Waals surface area contributed by atoms with Crippen LogP contribution in [-0.2, 0) is 9.84 Å². The molecule has 2 aromatic carbocycles. The molecule has 2 aliphatic rings. The van der Waals surface area contributed by atoms with E-state index in [0.717, 1.165) is 43.2 Å². The Bertz CT molecular complexity index is 913. The first-order chi connectivity index (χ1) is 11.9. The predicted octanol–water partition coefficient (Wildman–Crippen LogP) is 3.26. The van der Waals surface area contributed by atoms with Crippen LogP contribution in [0.3, 0.4) is 0 Å². The number of rotatable bonds is 2. The minimum Gasteiger partial charge on any atom is -0.381 e. The van der Waals surface area contributed by atoms with Gasteiger partial charge in [-0.3, -0.25) is 0 Å². The van der Waals surface area contributed by atoms with Gasteiger partial charge in [-0.2, -0.15) is 0 Å². The standard InChI is InChI=1S/C19H21FN2O2S/c1-22-9-7-16-17-12-15(5-6-18(17)21-19(16)8-10-22)25(23,24)14-4-2-3-13(20)11-14/h2-6,11-12,16,19,21H,7-10H2,1H3/t16-,19-/m1/s1. The smallest absolute Gasteiger partial charge is 0.206 e. The van der Waals surface area contributed by atoms with E-state index >= 15 is 0 Å². The molecule has 6 heteroatoms. The number of benzene rings is 2. The zero-order valence-electron chi connectivity index (χ0n) is 14.1. The number of halogens is 1. The topological polar surface area (TPSA) is 49.4 Å². The van der Waals surface area contributed by atoms with Gasteiger partial charge in [-0.15, -0.1) is 0 Å². The van der Waals surface area contributed by atoms with E-state index in [1.807, 2.05) is 6.07 Å². The van der Waals surface area contributed by atoms with Crippen LogP contribution >= 0.6 is 0 Å². The molecular formula is C19H21FN2O2S. The molecule has 2 aliphatic heterocycles. The van der Waals surface area contributed by atoms with Crippen molar-refractivity contribution < 1.29 is 12.8 Å².